The van der Waals surface area contributed by atoms with Crippen molar-refractivity contribution >= 4 is 11.6 Å². The van der Waals surface area contributed by atoms with Crippen LogP contribution in [0.2, 0.25) is 5.02 Å². The monoisotopic (exact) mass is 308 g/mol. The van der Waals surface area contributed by atoms with Gasteiger partial charge in [0.25, 0.3) is 0 Å². The van der Waals surface area contributed by atoms with E-state index < -0.39 is 23.9 Å². The molecule has 1 aromatic rings. The summed E-state index contributed by atoms with van der Waals surface area (Å²) in [6.45, 7) is 0. The molecule has 0 fully saturated rings. The molecule has 19 heavy (non-hydrogen) atoms. The Kier molecular flexibility index (Phi) is 4.26. The van der Waals surface area contributed by atoms with Gasteiger partial charge in [-0.15, -0.1) is 0 Å². The van der Waals surface area contributed by atoms with Crippen molar-refractivity contribution in [1.29, 1.82) is 0 Å². The second kappa shape index (κ2) is 5.09. The Labute approximate surface area is 108 Å². The van der Waals surface area contributed by atoms with Gasteiger partial charge >= 0.3 is 18.1 Å². The highest BCUT2D eigenvalue weighted by atomic mass is 35.5. The van der Waals surface area contributed by atoms with E-state index in [-0.39, 0.29) is 12.1 Å². The van der Waals surface area contributed by atoms with Crippen LogP contribution in [0.3, 0.4) is 0 Å². The minimum absolute atomic E-state index is 0.134. The summed E-state index contributed by atoms with van der Waals surface area (Å²) in [5.41, 5.74) is 0. The molecule has 0 aliphatic rings. The highest BCUT2D eigenvalue weighted by molar-refractivity contribution is 6.30. The molecular weight excluding hydrogens is 302 g/mol. The molecule has 1 rings (SSSR count). The second-order valence-corrected chi connectivity index (χ2v) is 3.81. The van der Waals surface area contributed by atoms with Gasteiger partial charge in [0.15, 0.2) is 0 Å². The van der Waals surface area contributed by atoms with Gasteiger partial charge in [0.05, 0.1) is 0 Å². The average Bonchev–Trinajstić information content (AvgIpc) is 2.25. The first kappa shape index (κ1) is 15.9. The summed E-state index contributed by atoms with van der Waals surface area (Å²) in [7, 11) is 0.261. The molecule has 0 N–H and O–H groups in total. The Hall–Kier alpha value is -1.15. The zero-order chi connectivity index (χ0) is 14.9. The number of ether oxygens (including phenoxy) is 2. The molecular formula is C10H7ClF6O2. The fourth-order valence-corrected chi connectivity index (χ4v) is 1.34. The van der Waals surface area contributed by atoms with Crippen molar-refractivity contribution in [2.24, 2.45) is 0 Å². The van der Waals surface area contributed by atoms with Gasteiger partial charge in [-0.1, -0.05) is 11.6 Å². The zero-order valence-corrected chi connectivity index (χ0v) is 10.0. The largest absolute Gasteiger partial charge is 0.465 e. The van der Waals surface area contributed by atoms with Crippen LogP contribution in [0.5, 0.6) is 5.75 Å². The summed E-state index contributed by atoms with van der Waals surface area (Å²) in [5, 5.41) is 0.134. The lowest BCUT2D eigenvalue weighted by atomic mass is 10.2. The van der Waals surface area contributed by atoms with Gasteiger partial charge in [-0.05, 0) is 24.3 Å². The molecule has 1 aromatic carbocycles. The van der Waals surface area contributed by atoms with Crippen molar-refractivity contribution in [3.8, 4) is 5.75 Å². The molecule has 0 spiro atoms. The van der Waals surface area contributed by atoms with Crippen molar-refractivity contribution in [3.05, 3.63) is 29.3 Å². The van der Waals surface area contributed by atoms with E-state index >= 15 is 0 Å². The second-order valence-electron chi connectivity index (χ2n) is 3.37. The average molecular weight is 309 g/mol. The summed E-state index contributed by atoms with van der Waals surface area (Å²) < 4.78 is 83.4. The van der Waals surface area contributed by atoms with Crippen LogP contribution in [-0.2, 0) is 4.74 Å². The predicted molar refractivity (Wildman–Crippen MR) is 53.9 cm³/mol. The molecule has 0 amide bonds. The van der Waals surface area contributed by atoms with Gasteiger partial charge in [0.2, 0.25) is 0 Å². The molecule has 0 aliphatic carbocycles. The quantitative estimate of drug-likeness (QED) is 0.616. The molecule has 0 heterocycles. The van der Waals surface area contributed by atoms with E-state index in [4.69, 9.17) is 11.6 Å². The Morgan fingerprint density at radius 2 is 1.32 bits per heavy atom. The molecule has 0 unspecified atom stereocenters. The first-order valence-electron chi connectivity index (χ1n) is 4.66. The molecule has 0 aromatic heterocycles. The number of methoxy groups -OCH3 is 1. The van der Waals surface area contributed by atoms with E-state index in [1.54, 1.807) is 0 Å². The maximum Gasteiger partial charge on any atom is 0.465 e. The van der Waals surface area contributed by atoms with E-state index in [0.717, 1.165) is 24.3 Å². The fraction of sp³-hybridized carbons (Fsp3) is 0.400. The van der Waals surface area contributed by atoms with Crippen LogP contribution in [0.4, 0.5) is 26.3 Å². The van der Waals surface area contributed by atoms with Gasteiger partial charge in [-0.2, -0.15) is 26.3 Å². The SMILES string of the molecule is COC(Oc1ccc(Cl)cc1)(C(F)(F)F)C(F)(F)F. The molecule has 0 atom stereocenters. The third-order valence-corrected chi connectivity index (χ3v) is 2.36. The highest BCUT2D eigenvalue weighted by Crippen LogP contribution is 2.46. The van der Waals surface area contributed by atoms with E-state index in [2.05, 4.69) is 9.47 Å². The highest BCUT2D eigenvalue weighted by Gasteiger charge is 2.75. The molecule has 2 nitrogen and oxygen atoms in total. The Morgan fingerprint density at radius 3 is 1.63 bits per heavy atom. The van der Waals surface area contributed by atoms with E-state index in [9.17, 15) is 26.3 Å². The predicted octanol–water partition coefficient (Wildman–Crippen LogP) is 4.19. The van der Waals surface area contributed by atoms with Crippen LogP contribution in [0.15, 0.2) is 24.3 Å². The zero-order valence-electron chi connectivity index (χ0n) is 9.27. The van der Waals surface area contributed by atoms with Crippen molar-refractivity contribution in [2.75, 3.05) is 7.11 Å². The van der Waals surface area contributed by atoms with Gasteiger partial charge in [0, 0.05) is 12.1 Å². The van der Waals surface area contributed by atoms with Gasteiger partial charge in [-0.25, -0.2) is 0 Å². The fourth-order valence-electron chi connectivity index (χ4n) is 1.22. The van der Waals surface area contributed by atoms with Crippen LogP contribution in [0.25, 0.3) is 0 Å². The number of hydrogen-bond donors (Lipinski definition) is 0. The van der Waals surface area contributed by atoms with Crippen molar-refractivity contribution < 1.29 is 35.8 Å². The maximum atomic E-state index is 12.6. The number of hydrogen-bond acceptors (Lipinski definition) is 2. The minimum atomic E-state index is -5.81. The molecule has 9 heteroatoms. The maximum absolute atomic E-state index is 12.6. The van der Waals surface area contributed by atoms with Crippen LogP contribution >= 0.6 is 11.6 Å². The normalized spacial score (nSPS) is 13.5. The van der Waals surface area contributed by atoms with Gasteiger partial charge in [-0.3, -0.25) is 0 Å². The Bertz CT molecular complexity index is 411. The van der Waals surface area contributed by atoms with E-state index in [1.807, 2.05) is 0 Å². The topological polar surface area (TPSA) is 18.5 Å². The molecule has 0 saturated heterocycles. The number of rotatable bonds is 3. The Morgan fingerprint density at radius 1 is 0.895 bits per heavy atom. The third kappa shape index (κ3) is 3.06. The van der Waals surface area contributed by atoms with E-state index in [0.29, 0.717) is 0 Å². The van der Waals surface area contributed by atoms with E-state index in [1.165, 1.54) is 0 Å². The molecule has 0 bridgehead atoms. The molecule has 0 radical (unpaired) electrons. The number of halogens is 7. The summed E-state index contributed by atoms with van der Waals surface area (Å²) >= 11 is 5.47. The lowest BCUT2D eigenvalue weighted by Crippen LogP contribution is -2.62. The molecule has 0 aliphatic heterocycles. The smallest absolute Gasteiger partial charge is 0.447 e. The first-order valence-corrected chi connectivity index (χ1v) is 5.04. The molecule has 108 valence electrons. The lowest BCUT2D eigenvalue weighted by Gasteiger charge is -2.35. The summed E-state index contributed by atoms with van der Waals surface area (Å²) in [6, 6.07) is 3.91. The van der Waals surface area contributed by atoms with Crippen LogP contribution in [0.1, 0.15) is 0 Å². The summed E-state index contributed by atoms with van der Waals surface area (Å²) in [4.78, 5) is 0. The number of alkyl halides is 6. The standard InChI is InChI=1S/C10H7ClF6O2/c1-18-8(9(12,13)14,10(15,16)17)19-7-4-2-6(11)3-5-7/h2-5H,1H3. The van der Waals surface area contributed by atoms with Crippen molar-refractivity contribution in [2.45, 2.75) is 18.1 Å². The van der Waals surface area contributed by atoms with Gasteiger partial charge in [0.1, 0.15) is 5.75 Å². The van der Waals surface area contributed by atoms with Crippen molar-refractivity contribution in [1.82, 2.24) is 0 Å². The first-order chi connectivity index (χ1) is 8.53. The molecule has 0 saturated carbocycles. The van der Waals surface area contributed by atoms with Crippen LogP contribution in [-0.4, -0.2) is 25.2 Å². The summed E-state index contributed by atoms with van der Waals surface area (Å²) in [6.07, 6.45) is -11.6. The number of benzene rings is 1. The van der Waals surface area contributed by atoms with Crippen LogP contribution in [0, 0.1) is 0 Å². The minimum Gasteiger partial charge on any atom is -0.447 e. The van der Waals surface area contributed by atoms with Crippen molar-refractivity contribution in [3.63, 3.8) is 0 Å². The van der Waals surface area contributed by atoms with Crippen LogP contribution < -0.4 is 4.74 Å². The Balaban J connectivity index is 3.22. The third-order valence-electron chi connectivity index (χ3n) is 2.11. The summed E-state index contributed by atoms with van der Waals surface area (Å²) in [5.74, 6) is -5.41. The van der Waals surface area contributed by atoms with Gasteiger partial charge < -0.3 is 9.47 Å². The lowest BCUT2D eigenvalue weighted by molar-refractivity contribution is -0.440.